The van der Waals surface area contributed by atoms with Crippen LogP contribution in [0.5, 0.6) is 0 Å². The molecule has 4 heterocycles. The van der Waals surface area contributed by atoms with Crippen molar-refractivity contribution in [3.63, 3.8) is 0 Å². The summed E-state index contributed by atoms with van der Waals surface area (Å²) >= 11 is 0. The van der Waals surface area contributed by atoms with Crippen LogP contribution in [0.3, 0.4) is 0 Å². The quantitative estimate of drug-likeness (QED) is 0.743. The second-order valence-electron chi connectivity index (χ2n) is 6.29. The van der Waals surface area contributed by atoms with Crippen molar-refractivity contribution in [1.29, 1.82) is 0 Å². The lowest BCUT2D eigenvalue weighted by atomic mass is 9.93. The summed E-state index contributed by atoms with van der Waals surface area (Å²) in [5.41, 5.74) is 3.25. The van der Waals surface area contributed by atoms with Crippen molar-refractivity contribution in [2.24, 2.45) is 7.05 Å². The summed E-state index contributed by atoms with van der Waals surface area (Å²) in [6, 6.07) is 12.4. The molecule has 3 aromatic heterocycles. The number of hydrogen-bond donors (Lipinski definition) is 0. The fourth-order valence-corrected chi connectivity index (χ4v) is 3.37. The largest absolute Gasteiger partial charge is 0.357 e. The van der Waals surface area contributed by atoms with E-state index in [1.54, 1.807) is 0 Å². The molecule has 24 heavy (non-hydrogen) atoms. The van der Waals surface area contributed by atoms with Crippen molar-refractivity contribution in [1.82, 2.24) is 19.5 Å². The highest BCUT2D eigenvalue weighted by molar-refractivity contribution is 5.53. The maximum atomic E-state index is 4.90. The maximum Gasteiger partial charge on any atom is 0.128 e. The van der Waals surface area contributed by atoms with Gasteiger partial charge in [0.2, 0.25) is 0 Å². The number of pyridine rings is 2. The molecule has 1 fully saturated rings. The first kappa shape index (κ1) is 14.9. The first-order valence-electron chi connectivity index (χ1n) is 8.41. The molecule has 0 aromatic carbocycles. The Morgan fingerprint density at radius 1 is 1.04 bits per heavy atom. The Balaban J connectivity index is 1.49. The van der Waals surface area contributed by atoms with Crippen LogP contribution in [0.25, 0.3) is 11.4 Å². The van der Waals surface area contributed by atoms with Gasteiger partial charge in [0.1, 0.15) is 5.82 Å². The Morgan fingerprint density at radius 2 is 1.92 bits per heavy atom. The van der Waals surface area contributed by atoms with Crippen LogP contribution in [-0.4, -0.2) is 32.6 Å². The molecule has 3 aromatic rings. The summed E-state index contributed by atoms with van der Waals surface area (Å²) in [5, 5.41) is 0. The van der Waals surface area contributed by atoms with Crippen molar-refractivity contribution in [3.8, 4) is 11.4 Å². The van der Waals surface area contributed by atoms with Gasteiger partial charge in [-0.25, -0.2) is 9.97 Å². The normalized spacial score (nSPS) is 15.6. The fraction of sp³-hybridized carbons (Fsp3) is 0.316. The molecule has 5 nitrogen and oxygen atoms in total. The summed E-state index contributed by atoms with van der Waals surface area (Å²) in [4.78, 5) is 15.9. The van der Waals surface area contributed by atoms with Gasteiger partial charge < -0.3 is 9.47 Å². The molecule has 1 aliphatic rings. The number of anilines is 1. The van der Waals surface area contributed by atoms with E-state index in [2.05, 4.69) is 39.1 Å². The molecule has 0 spiro atoms. The molecule has 0 aliphatic carbocycles. The van der Waals surface area contributed by atoms with E-state index < -0.39 is 0 Å². The van der Waals surface area contributed by atoms with E-state index in [9.17, 15) is 0 Å². The van der Waals surface area contributed by atoms with Crippen LogP contribution in [0, 0.1) is 0 Å². The van der Waals surface area contributed by atoms with Crippen LogP contribution < -0.4 is 4.90 Å². The highest BCUT2D eigenvalue weighted by Gasteiger charge is 2.22. The van der Waals surface area contributed by atoms with Crippen LogP contribution in [0.1, 0.15) is 24.5 Å². The van der Waals surface area contributed by atoms with Gasteiger partial charge in [0.05, 0.1) is 23.9 Å². The van der Waals surface area contributed by atoms with Gasteiger partial charge in [-0.2, -0.15) is 0 Å². The van der Waals surface area contributed by atoms with Crippen molar-refractivity contribution >= 4 is 5.82 Å². The van der Waals surface area contributed by atoms with Crippen LogP contribution in [0.15, 0.2) is 55.1 Å². The third kappa shape index (κ3) is 2.89. The van der Waals surface area contributed by atoms with E-state index in [0.29, 0.717) is 5.92 Å². The first-order valence-corrected chi connectivity index (χ1v) is 8.41. The van der Waals surface area contributed by atoms with Crippen LogP contribution in [-0.2, 0) is 7.05 Å². The average Bonchev–Trinajstić information content (AvgIpc) is 3.09. The molecule has 0 bridgehead atoms. The van der Waals surface area contributed by atoms with Gasteiger partial charge in [-0.1, -0.05) is 12.1 Å². The van der Waals surface area contributed by atoms with Crippen LogP contribution in [0.2, 0.25) is 0 Å². The van der Waals surface area contributed by atoms with E-state index >= 15 is 0 Å². The molecule has 0 radical (unpaired) electrons. The van der Waals surface area contributed by atoms with Gasteiger partial charge in [-0.3, -0.25) is 4.98 Å². The van der Waals surface area contributed by atoms with Gasteiger partial charge in [0.25, 0.3) is 0 Å². The highest BCUT2D eigenvalue weighted by Crippen LogP contribution is 2.29. The second kappa shape index (κ2) is 6.43. The van der Waals surface area contributed by atoms with E-state index in [-0.39, 0.29) is 0 Å². The average molecular weight is 319 g/mol. The topological polar surface area (TPSA) is 46.8 Å². The molecule has 1 aliphatic heterocycles. The zero-order valence-corrected chi connectivity index (χ0v) is 13.8. The number of nitrogens with zero attached hydrogens (tertiary/aromatic N) is 5. The molecule has 1 saturated heterocycles. The van der Waals surface area contributed by atoms with E-state index in [1.807, 2.05) is 42.5 Å². The monoisotopic (exact) mass is 319 g/mol. The molecule has 0 saturated carbocycles. The molecular weight excluding hydrogens is 298 g/mol. The van der Waals surface area contributed by atoms with E-state index in [0.717, 1.165) is 43.1 Å². The second-order valence-corrected chi connectivity index (χ2v) is 6.29. The fourth-order valence-electron chi connectivity index (χ4n) is 3.37. The lowest BCUT2D eigenvalue weighted by molar-refractivity contribution is 0.494. The lowest BCUT2D eigenvalue weighted by Crippen LogP contribution is -2.33. The SMILES string of the molecule is Cn1cncc1-c1cccc(C2CCN(c3ccccn3)CC2)n1. The van der Waals surface area contributed by atoms with Crippen molar-refractivity contribution in [2.45, 2.75) is 18.8 Å². The van der Waals surface area contributed by atoms with Gasteiger partial charge in [-0.05, 0) is 37.1 Å². The number of imidazole rings is 1. The smallest absolute Gasteiger partial charge is 0.128 e. The molecule has 0 atom stereocenters. The number of rotatable bonds is 3. The van der Waals surface area contributed by atoms with Gasteiger partial charge >= 0.3 is 0 Å². The van der Waals surface area contributed by atoms with Crippen molar-refractivity contribution in [2.75, 3.05) is 18.0 Å². The molecule has 122 valence electrons. The van der Waals surface area contributed by atoms with Gasteiger partial charge in [0, 0.05) is 37.9 Å². The predicted molar refractivity (Wildman–Crippen MR) is 94.9 cm³/mol. The lowest BCUT2D eigenvalue weighted by Gasteiger charge is -2.32. The summed E-state index contributed by atoms with van der Waals surface area (Å²) in [6.45, 7) is 2.05. The Hall–Kier alpha value is -2.69. The van der Waals surface area contributed by atoms with Crippen molar-refractivity contribution < 1.29 is 0 Å². The molecule has 5 heteroatoms. The van der Waals surface area contributed by atoms with E-state index in [4.69, 9.17) is 4.98 Å². The Bertz CT molecular complexity index is 803. The Morgan fingerprint density at radius 3 is 2.62 bits per heavy atom. The van der Waals surface area contributed by atoms with Gasteiger partial charge in [0.15, 0.2) is 0 Å². The van der Waals surface area contributed by atoms with E-state index in [1.165, 1.54) is 5.69 Å². The minimum Gasteiger partial charge on any atom is -0.357 e. The standard InChI is InChI=1S/C19H21N5/c1-23-14-20-13-18(23)17-6-4-5-16(22-17)15-8-11-24(12-9-15)19-7-2-3-10-21-19/h2-7,10,13-15H,8-9,11-12H2,1H3. The summed E-state index contributed by atoms with van der Waals surface area (Å²) in [5.74, 6) is 1.59. The molecule has 4 rings (SSSR count). The van der Waals surface area contributed by atoms with Crippen LogP contribution >= 0.6 is 0 Å². The Kier molecular flexibility index (Phi) is 3.99. The molecular formula is C19H21N5. The molecule has 0 unspecified atom stereocenters. The number of piperidine rings is 1. The van der Waals surface area contributed by atoms with Gasteiger partial charge in [-0.15, -0.1) is 0 Å². The predicted octanol–water partition coefficient (Wildman–Crippen LogP) is 3.26. The Labute approximate surface area is 142 Å². The summed E-state index contributed by atoms with van der Waals surface area (Å²) in [7, 11) is 2.00. The number of aryl methyl sites for hydroxylation is 1. The third-order valence-corrected chi connectivity index (χ3v) is 4.74. The number of hydrogen-bond acceptors (Lipinski definition) is 4. The van der Waals surface area contributed by atoms with Crippen LogP contribution in [0.4, 0.5) is 5.82 Å². The molecule has 0 amide bonds. The molecule has 0 N–H and O–H groups in total. The minimum absolute atomic E-state index is 0.512. The maximum absolute atomic E-state index is 4.90. The van der Waals surface area contributed by atoms with Crippen molar-refractivity contribution in [3.05, 3.63) is 60.8 Å². The third-order valence-electron chi connectivity index (χ3n) is 4.74. The highest BCUT2D eigenvalue weighted by atomic mass is 15.2. The zero-order chi connectivity index (χ0) is 16.4. The zero-order valence-electron chi connectivity index (χ0n) is 13.8. The number of aromatic nitrogens is 4. The summed E-state index contributed by atoms with van der Waals surface area (Å²) in [6.07, 6.45) is 7.77. The first-order chi connectivity index (χ1) is 11.8. The summed E-state index contributed by atoms with van der Waals surface area (Å²) < 4.78 is 2.01. The minimum atomic E-state index is 0.512.